The predicted octanol–water partition coefficient (Wildman–Crippen LogP) is 2.07. The molecule has 0 bridgehead atoms. The van der Waals surface area contributed by atoms with Crippen LogP contribution < -0.4 is 5.31 Å². The number of allylic oxidation sites excluding steroid dienone is 1. The van der Waals surface area contributed by atoms with Crippen LogP contribution >= 0.6 is 0 Å². The fourth-order valence-corrected chi connectivity index (χ4v) is 1.18. The lowest BCUT2D eigenvalue weighted by atomic mass is 9.76. The van der Waals surface area contributed by atoms with Gasteiger partial charge in [0.2, 0.25) is 5.91 Å². The monoisotopic (exact) mass is 170 g/mol. The fourth-order valence-electron chi connectivity index (χ4n) is 1.18. The van der Waals surface area contributed by atoms with Gasteiger partial charge in [0.25, 0.3) is 0 Å². The van der Waals surface area contributed by atoms with Gasteiger partial charge in [0.15, 0.2) is 1.41 Å². The van der Waals surface area contributed by atoms with Crippen LogP contribution in [-0.2, 0) is 4.79 Å². The maximum absolute atomic E-state index is 11.9. The van der Waals surface area contributed by atoms with E-state index in [-0.39, 0.29) is 6.42 Å². The SMILES string of the molecule is [2H]C1CC(=C)N([2H])C(=O)C1([2H])C(C)(C)C. The zero-order chi connectivity index (χ0) is 12.0. The molecule has 0 spiro atoms. The van der Waals surface area contributed by atoms with Crippen LogP contribution in [0.5, 0.6) is 0 Å². The van der Waals surface area contributed by atoms with Crippen LogP contribution in [0.4, 0.5) is 0 Å². The summed E-state index contributed by atoms with van der Waals surface area (Å²) in [6, 6.07) is 0. The minimum atomic E-state index is -1.56. The first-order valence-electron chi connectivity index (χ1n) is 5.58. The lowest BCUT2D eigenvalue weighted by molar-refractivity contribution is -0.129. The fraction of sp³-hybridized carbons (Fsp3) is 0.700. The highest BCUT2D eigenvalue weighted by Gasteiger charge is 2.33. The van der Waals surface area contributed by atoms with Gasteiger partial charge in [-0.05, 0) is 18.2 Å². The number of rotatable bonds is 0. The quantitative estimate of drug-likeness (QED) is 0.592. The summed E-state index contributed by atoms with van der Waals surface area (Å²) in [4.78, 5) is 11.9. The Bertz CT molecular complexity index is 310. The Labute approximate surface area is 78.3 Å². The first kappa shape index (κ1) is 5.79. The highest BCUT2D eigenvalue weighted by Crippen LogP contribution is 2.33. The van der Waals surface area contributed by atoms with E-state index in [1.54, 1.807) is 20.8 Å². The summed E-state index contributed by atoms with van der Waals surface area (Å²) in [6.07, 6.45) is -0.644. The lowest BCUT2D eigenvalue weighted by Gasteiger charge is -2.33. The Hall–Kier alpha value is -0.790. The summed E-state index contributed by atoms with van der Waals surface area (Å²) in [5.74, 6) is -2.21. The molecule has 12 heavy (non-hydrogen) atoms. The second kappa shape index (κ2) is 2.92. The van der Waals surface area contributed by atoms with E-state index in [9.17, 15) is 4.79 Å². The molecule has 1 aliphatic rings. The van der Waals surface area contributed by atoms with Gasteiger partial charge in [-0.15, -0.1) is 0 Å². The van der Waals surface area contributed by atoms with Crippen molar-refractivity contribution >= 4 is 5.91 Å². The van der Waals surface area contributed by atoms with Gasteiger partial charge in [0.05, 0.1) is 0 Å². The van der Waals surface area contributed by atoms with Crippen molar-refractivity contribution in [2.45, 2.75) is 33.6 Å². The van der Waals surface area contributed by atoms with E-state index in [1.165, 1.54) is 0 Å². The van der Waals surface area contributed by atoms with E-state index in [0.29, 0.717) is 11.0 Å². The third-order valence-electron chi connectivity index (χ3n) is 1.84. The lowest BCUT2D eigenvalue weighted by Crippen LogP contribution is -2.41. The number of nitrogens with one attached hydrogen (secondary N) is 1. The average Bonchev–Trinajstić information content (AvgIpc) is 2.09. The number of hydrogen-bond donors (Lipinski definition) is 1. The van der Waals surface area contributed by atoms with E-state index in [2.05, 4.69) is 6.58 Å². The van der Waals surface area contributed by atoms with Crippen LogP contribution in [0.2, 0.25) is 1.41 Å². The minimum absolute atomic E-state index is 0.204. The number of piperidine rings is 1. The number of amides is 1. The molecule has 0 saturated carbocycles. The van der Waals surface area contributed by atoms with Crippen molar-refractivity contribution in [2.75, 3.05) is 0 Å². The molecule has 0 radical (unpaired) electrons. The molecule has 0 aromatic carbocycles. The molecule has 0 aromatic heterocycles. The van der Waals surface area contributed by atoms with Crippen molar-refractivity contribution in [1.82, 2.24) is 5.31 Å². The van der Waals surface area contributed by atoms with Crippen LogP contribution in [0.3, 0.4) is 0 Å². The first-order valence-corrected chi connectivity index (χ1v) is 4.06. The van der Waals surface area contributed by atoms with Gasteiger partial charge in [-0.25, -0.2) is 0 Å². The molecule has 68 valence electrons. The van der Waals surface area contributed by atoms with E-state index >= 15 is 0 Å². The summed E-state index contributed by atoms with van der Waals surface area (Å²) >= 11 is 0. The van der Waals surface area contributed by atoms with Crippen molar-refractivity contribution in [1.29, 1.82) is 0 Å². The third-order valence-corrected chi connectivity index (χ3v) is 1.84. The Kier molecular flexibility index (Phi) is 1.41. The van der Waals surface area contributed by atoms with E-state index in [1.807, 2.05) is 0 Å². The van der Waals surface area contributed by atoms with Crippen molar-refractivity contribution in [3.05, 3.63) is 12.3 Å². The van der Waals surface area contributed by atoms with E-state index in [0.717, 1.165) is 0 Å². The molecule has 1 saturated heterocycles. The number of carbonyl (C=O) groups excluding carboxylic acids is 1. The standard InChI is InChI=1S/C10H17NO/c1-7-5-6-8(9(12)11-7)10(2,3)4/h8H,1,5-6H2,2-4H3,(H,11,12)/i6D,8D/hD. The van der Waals surface area contributed by atoms with Crippen molar-refractivity contribution in [3.63, 3.8) is 0 Å². The Morgan fingerprint density at radius 3 is 2.92 bits per heavy atom. The molecule has 1 aliphatic heterocycles. The van der Waals surface area contributed by atoms with Gasteiger partial charge in [-0.2, -0.15) is 0 Å². The molecule has 1 fully saturated rings. The maximum Gasteiger partial charge on any atom is 0.227 e. The normalized spacial score (nSPS) is 42.1. The topological polar surface area (TPSA) is 29.1 Å². The Morgan fingerprint density at radius 1 is 1.83 bits per heavy atom. The molecule has 2 unspecified atom stereocenters. The van der Waals surface area contributed by atoms with Crippen LogP contribution in [-0.4, -0.2) is 5.91 Å². The van der Waals surface area contributed by atoms with Gasteiger partial charge >= 0.3 is 0 Å². The summed E-state index contributed by atoms with van der Waals surface area (Å²) < 4.78 is 23.5. The average molecular weight is 170 g/mol. The molecule has 1 N–H and O–H groups in total. The van der Waals surface area contributed by atoms with E-state index in [4.69, 9.17) is 4.15 Å². The minimum Gasteiger partial charge on any atom is -0.330 e. The molecule has 2 nitrogen and oxygen atoms in total. The first-order chi connectivity index (χ1) is 6.62. The smallest absolute Gasteiger partial charge is 0.227 e. The second-order valence-corrected chi connectivity index (χ2v) is 4.06. The van der Waals surface area contributed by atoms with Gasteiger partial charge in [-0.3, -0.25) is 4.79 Å². The number of carbonyl (C=O) groups is 1. The molecule has 1 rings (SSSR count). The van der Waals surface area contributed by atoms with Gasteiger partial charge in [0, 0.05) is 14.3 Å². The summed E-state index contributed by atoms with van der Waals surface area (Å²) in [5, 5.41) is 0.670. The van der Waals surface area contributed by atoms with Gasteiger partial charge in [0.1, 0.15) is 0 Å². The zero-order valence-electron chi connectivity index (χ0n) is 10.8. The molecule has 2 atom stereocenters. The van der Waals surface area contributed by atoms with Gasteiger partial charge in [-0.1, -0.05) is 27.4 Å². The maximum atomic E-state index is 11.9. The molecule has 1 amide bonds. The van der Waals surface area contributed by atoms with Crippen LogP contribution in [0.15, 0.2) is 12.3 Å². The molecular weight excluding hydrogens is 150 g/mol. The molecule has 1 heterocycles. The van der Waals surface area contributed by atoms with Crippen molar-refractivity contribution in [3.8, 4) is 0 Å². The summed E-state index contributed by atoms with van der Waals surface area (Å²) in [6.45, 7) is 8.81. The molecule has 0 aromatic rings. The van der Waals surface area contributed by atoms with Crippen molar-refractivity contribution in [2.24, 2.45) is 11.3 Å². The molecule has 0 aliphatic carbocycles. The second-order valence-electron chi connectivity index (χ2n) is 4.06. The molecular formula is C10H17NO. The predicted molar refractivity (Wildman–Crippen MR) is 49.5 cm³/mol. The van der Waals surface area contributed by atoms with Gasteiger partial charge < -0.3 is 5.31 Å². The van der Waals surface area contributed by atoms with Crippen molar-refractivity contribution < 1.29 is 8.95 Å². The van der Waals surface area contributed by atoms with Crippen LogP contribution in [0, 0.1) is 11.3 Å². The van der Waals surface area contributed by atoms with Crippen LogP contribution in [0.25, 0.3) is 0 Å². The highest BCUT2D eigenvalue weighted by molar-refractivity contribution is 5.82. The third kappa shape index (κ3) is 1.87. The largest absolute Gasteiger partial charge is 0.330 e. The Balaban J connectivity index is 3.18. The number of hydrogen-bond acceptors (Lipinski definition) is 1. The Morgan fingerprint density at radius 2 is 2.42 bits per heavy atom. The van der Waals surface area contributed by atoms with E-state index < -0.39 is 23.6 Å². The summed E-state index contributed by atoms with van der Waals surface area (Å²) in [7, 11) is 0. The molecule has 2 heteroatoms. The summed E-state index contributed by atoms with van der Waals surface area (Å²) in [5.41, 5.74) is -0.358. The van der Waals surface area contributed by atoms with Crippen LogP contribution in [0.1, 0.15) is 36.3 Å². The highest BCUT2D eigenvalue weighted by atomic mass is 16.2. The zero-order valence-corrected chi connectivity index (χ0v) is 7.85.